The maximum atomic E-state index is 3.52. The van der Waals surface area contributed by atoms with Crippen LogP contribution in [0, 0.1) is 0 Å². The van der Waals surface area contributed by atoms with E-state index < -0.39 is 0 Å². The summed E-state index contributed by atoms with van der Waals surface area (Å²) in [5.74, 6) is 0. The lowest BCUT2D eigenvalue weighted by Crippen LogP contribution is -1.87. The number of hydrogen-bond acceptors (Lipinski definition) is 0. The summed E-state index contributed by atoms with van der Waals surface area (Å²) in [6.07, 6.45) is 0. The molecule has 1 heteroatoms. The van der Waals surface area contributed by atoms with E-state index in [0.29, 0.717) is 0 Å². The van der Waals surface area contributed by atoms with Crippen LogP contribution in [0.3, 0.4) is 0 Å². The van der Waals surface area contributed by atoms with Gasteiger partial charge in [-0.05, 0) is 49.0 Å². The van der Waals surface area contributed by atoms with Crippen LogP contribution in [0.2, 0.25) is 0 Å². The Morgan fingerprint density at radius 3 is 1.92 bits per heavy atom. The predicted octanol–water partition coefficient (Wildman–Crippen LogP) is 7.15. The largest absolute Gasteiger partial charge is 0.0876 e. The highest BCUT2D eigenvalue weighted by Crippen LogP contribution is 2.39. The van der Waals surface area contributed by atoms with Gasteiger partial charge in [0.15, 0.2) is 0 Å². The highest BCUT2D eigenvalue weighted by atomic mass is 79.9. The molecule has 0 saturated heterocycles. The van der Waals surface area contributed by atoms with Crippen molar-refractivity contribution in [3.63, 3.8) is 0 Å². The lowest BCUT2D eigenvalue weighted by Gasteiger charge is -2.14. The summed E-state index contributed by atoms with van der Waals surface area (Å²) in [6.45, 7) is 0. The second-order valence-electron chi connectivity index (χ2n) is 6.30. The monoisotopic (exact) mass is 370 g/mol. The van der Waals surface area contributed by atoms with E-state index in [1.54, 1.807) is 0 Å². The van der Waals surface area contributed by atoms with Crippen LogP contribution in [0.5, 0.6) is 0 Å². The van der Waals surface area contributed by atoms with Gasteiger partial charge in [-0.1, -0.05) is 94.8 Å². The molecule has 114 valence electrons. The van der Waals surface area contributed by atoms with E-state index in [4.69, 9.17) is 0 Å². The fourth-order valence-corrected chi connectivity index (χ4v) is 4.13. The minimum Gasteiger partial charge on any atom is -0.0876 e. The first kappa shape index (κ1) is 14.0. The first-order valence-corrected chi connectivity index (χ1v) is 9.29. The third kappa shape index (κ3) is 1.98. The Labute approximate surface area is 149 Å². The van der Waals surface area contributed by atoms with E-state index in [2.05, 4.69) is 94.8 Å². The van der Waals surface area contributed by atoms with Crippen molar-refractivity contribution in [1.82, 2.24) is 0 Å². The molecule has 0 heterocycles. The Hall–Kier alpha value is -2.38. The minimum atomic E-state index is 0.895. The zero-order valence-electron chi connectivity index (χ0n) is 13.1. The van der Waals surface area contributed by atoms with Crippen LogP contribution in [0.25, 0.3) is 43.4 Å². The molecule has 5 aromatic rings. The molecule has 24 heavy (non-hydrogen) atoms. The van der Waals surface area contributed by atoms with Gasteiger partial charge in [-0.25, -0.2) is 0 Å². The first-order valence-electron chi connectivity index (χ1n) is 8.17. The van der Waals surface area contributed by atoms with Crippen LogP contribution < -0.4 is 0 Å². The molecule has 0 spiro atoms. The Morgan fingerprint density at radius 1 is 0.583 bits per heavy atom. The molecule has 0 radical (unpaired) electrons. The summed E-state index contributed by atoms with van der Waals surface area (Å²) in [7, 11) is 0. The molecular formula is C23H15Br. The number of hydrogen-bond donors (Lipinski definition) is 0. The van der Waals surface area contributed by atoms with Gasteiger partial charge < -0.3 is 0 Å². The van der Waals surface area contributed by atoms with E-state index in [-0.39, 0.29) is 0 Å². The molecule has 0 aliphatic rings. The van der Waals surface area contributed by atoms with Crippen molar-refractivity contribution in [1.29, 1.82) is 0 Å². The summed E-state index contributed by atoms with van der Waals surface area (Å²) < 4.78 is 0. The average molecular weight is 371 g/mol. The van der Waals surface area contributed by atoms with Crippen LogP contribution in [0.4, 0.5) is 0 Å². The Balaban J connectivity index is 1.89. The third-order valence-corrected chi connectivity index (χ3v) is 5.60. The average Bonchev–Trinajstić information content (AvgIpc) is 2.66. The van der Waals surface area contributed by atoms with Crippen molar-refractivity contribution in [3.05, 3.63) is 84.4 Å². The molecule has 0 atom stereocenters. The van der Waals surface area contributed by atoms with Gasteiger partial charge in [0.25, 0.3) is 0 Å². The standard InChI is InChI=1S/C23H15Br/c24-14-15-4-6-16(7-5-15)20-12-10-19-9-8-17-2-1-3-18-11-13-21(20)23(19)22(17)18/h1-13H,14H2. The van der Waals surface area contributed by atoms with E-state index in [1.165, 1.54) is 49.0 Å². The van der Waals surface area contributed by atoms with Gasteiger partial charge in [0.05, 0.1) is 0 Å². The van der Waals surface area contributed by atoms with E-state index in [9.17, 15) is 0 Å². The van der Waals surface area contributed by atoms with E-state index in [0.717, 1.165) is 5.33 Å². The van der Waals surface area contributed by atoms with Crippen molar-refractivity contribution in [3.8, 4) is 11.1 Å². The molecule has 0 nitrogen and oxygen atoms in total. The quantitative estimate of drug-likeness (QED) is 0.228. The highest BCUT2D eigenvalue weighted by Gasteiger charge is 2.11. The normalized spacial score (nSPS) is 11.7. The van der Waals surface area contributed by atoms with Gasteiger partial charge in [-0.3, -0.25) is 0 Å². The molecule has 0 bridgehead atoms. The molecule has 0 N–H and O–H groups in total. The van der Waals surface area contributed by atoms with Crippen LogP contribution in [-0.4, -0.2) is 0 Å². The van der Waals surface area contributed by atoms with Crippen LogP contribution >= 0.6 is 15.9 Å². The summed E-state index contributed by atoms with van der Waals surface area (Å²) in [5.41, 5.74) is 3.89. The lowest BCUT2D eigenvalue weighted by molar-refractivity contribution is 1.44. The third-order valence-electron chi connectivity index (χ3n) is 4.95. The van der Waals surface area contributed by atoms with Crippen molar-refractivity contribution in [2.45, 2.75) is 5.33 Å². The zero-order valence-corrected chi connectivity index (χ0v) is 14.7. The van der Waals surface area contributed by atoms with Gasteiger partial charge in [-0.15, -0.1) is 0 Å². The van der Waals surface area contributed by atoms with Crippen LogP contribution in [0.1, 0.15) is 5.56 Å². The predicted molar refractivity (Wildman–Crippen MR) is 108 cm³/mol. The SMILES string of the molecule is BrCc1ccc(-c2ccc3ccc4cccc5ccc2c3c45)cc1. The molecule has 0 fully saturated rings. The summed E-state index contributed by atoms with van der Waals surface area (Å²) in [4.78, 5) is 0. The van der Waals surface area contributed by atoms with Crippen LogP contribution in [-0.2, 0) is 5.33 Å². The van der Waals surface area contributed by atoms with Gasteiger partial charge in [0.2, 0.25) is 0 Å². The van der Waals surface area contributed by atoms with Crippen molar-refractivity contribution < 1.29 is 0 Å². The molecule has 0 amide bonds. The number of benzene rings is 5. The lowest BCUT2D eigenvalue weighted by atomic mass is 9.90. The number of rotatable bonds is 2. The molecule has 0 unspecified atom stereocenters. The molecule has 0 aromatic heterocycles. The Morgan fingerprint density at radius 2 is 1.21 bits per heavy atom. The zero-order chi connectivity index (χ0) is 16.1. The topological polar surface area (TPSA) is 0 Å². The second-order valence-corrected chi connectivity index (χ2v) is 6.86. The van der Waals surface area contributed by atoms with Gasteiger partial charge in [0.1, 0.15) is 0 Å². The minimum absolute atomic E-state index is 0.895. The number of halogens is 1. The Kier molecular flexibility index (Phi) is 3.11. The molecular weight excluding hydrogens is 356 g/mol. The van der Waals surface area contributed by atoms with E-state index >= 15 is 0 Å². The summed E-state index contributed by atoms with van der Waals surface area (Å²) in [6, 6.07) is 28.9. The van der Waals surface area contributed by atoms with Crippen LogP contribution in [0.15, 0.2) is 78.9 Å². The molecule has 5 rings (SSSR count). The van der Waals surface area contributed by atoms with E-state index in [1.807, 2.05) is 0 Å². The van der Waals surface area contributed by atoms with Gasteiger partial charge >= 0.3 is 0 Å². The first-order chi connectivity index (χ1) is 11.8. The highest BCUT2D eigenvalue weighted by molar-refractivity contribution is 9.08. The maximum absolute atomic E-state index is 3.52. The Bertz CT molecular complexity index is 1150. The van der Waals surface area contributed by atoms with Crippen molar-refractivity contribution in [2.24, 2.45) is 0 Å². The number of alkyl halides is 1. The molecule has 0 aliphatic heterocycles. The summed E-state index contributed by atoms with van der Waals surface area (Å²) in [5, 5.41) is 8.94. The summed E-state index contributed by atoms with van der Waals surface area (Å²) >= 11 is 3.52. The fourth-order valence-electron chi connectivity index (χ4n) is 3.76. The van der Waals surface area contributed by atoms with Crippen molar-refractivity contribution in [2.75, 3.05) is 0 Å². The molecule has 5 aromatic carbocycles. The second kappa shape index (κ2) is 5.32. The van der Waals surface area contributed by atoms with Crippen molar-refractivity contribution >= 4 is 48.2 Å². The fraction of sp³-hybridized carbons (Fsp3) is 0.0435. The maximum Gasteiger partial charge on any atom is 0.0283 e. The molecule has 0 aliphatic carbocycles. The van der Waals surface area contributed by atoms with Gasteiger partial charge in [0, 0.05) is 5.33 Å². The smallest absolute Gasteiger partial charge is 0.0283 e. The van der Waals surface area contributed by atoms with Gasteiger partial charge in [-0.2, -0.15) is 0 Å². The molecule has 0 saturated carbocycles.